The Hall–Kier alpha value is -2.97. The first-order valence-electron chi connectivity index (χ1n) is 8.63. The lowest BCUT2D eigenvalue weighted by Gasteiger charge is -2.11. The molecule has 0 aliphatic carbocycles. The number of nitrogens with zero attached hydrogens (tertiary/aromatic N) is 2. The summed E-state index contributed by atoms with van der Waals surface area (Å²) in [7, 11) is -2.52. The largest absolute Gasteiger partial charge is 0.465 e. The predicted molar refractivity (Wildman–Crippen MR) is 104 cm³/mol. The first kappa shape index (κ1) is 19.8. The predicted octanol–water partition coefficient (Wildman–Crippen LogP) is 2.50. The molecule has 28 heavy (non-hydrogen) atoms. The average Bonchev–Trinajstić information content (AvgIpc) is 3.20. The van der Waals surface area contributed by atoms with Crippen molar-refractivity contribution in [2.75, 3.05) is 7.11 Å². The van der Waals surface area contributed by atoms with Crippen molar-refractivity contribution in [3.05, 3.63) is 83.2 Å². The van der Waals surface area contributed by atoms with Crippen LogP contribution in [-0.2, 0) is 27.8 Å². The van der Waals surface area contributed by atoms with Gasteiger partial charge >= 0.3 is 5.97 Å². The zero-order valence-electron chi connectivity index (χ0n) is 15.6. The summed E-state index contributed by atoms with van der Waals surface area (Å²) in [6.45, 7) is 2.48. The van der Waals surface area contributed by atoms with Gasteiger partial charge in [-0.3, -0.25) is 4.68 Å². The Morgan fingerprint density at radius 1 is 1.14 bits per heavy atom. The molecule has 1 N–H and O–H groups in total. The van der Waals surface area contributed by atoms with Crippen molar-refractivity contribution in [3.63, 3.8) is 0 Å². The highest BCUT2D eigenvalue weighted by molar-refractivity contribution is 7.89. The Labute approximate surface area is 164 Å². The van der Waals surface area contributed by atoms with E-state index in [2.05, 4.69) is 14.6 Å². The number of hydrogen-bond acceptors (Lipinski definition) is 5. The minimum Gasteiger partial charge on any atom is -0.465 e. The van der Waals surface area contributed by atoms with E-state index in [1.165, 1.54) is 13.2 Å². The molecular weight excluding hydrogens is 378 g/mol. The third-order valence-corrected chi connectivity index (χ3v) is 5.84. The average molecular weight is 399 g/mol. The Morgan fingerprint density at radius 2 is 1.86 bits per heavy atom. The van der Waals surface area contributed by atoms with Crippen LogP contribution in [0.25, 0.3) is 0 Å². The van der Waals surface area contributed by atoms with E-state index in [-0.39, 0.29) is 17.0 Å². The van der Waals surface area contributed by atoms with E-state index in [9.17, 15) is 13.2 Å². The number of nitrogens with one attached hydrogen (secondary N) is 1. The minimum absolute atomic E-state index is 0.0608. The van der Waals surface area contributed by atoms with Gasteiger partial charge in [0, 0.05) is 18.9 Å². The molecule has 0 spiro atoms. The Balaban J connectivity index is 1.70. The second-order valence-corrected chi connectivity index (χ2v) is 8.05. The highest BCUT2D eigenvalue weighted by Gasteiger charge is 2.19. The molecule has 0 aliphatic heterocycles. The van der Waals surface area contributed by atoms with Gasteiger partial charge in [-0.25, -0.2) is 17.9 Å². The van der Waals surface area contributed by atoms with Gasteiger partial charge in [0.1, 0.15) is 0 Å². The number of aryl methyl sites for hydroxylation is 1. The SMILES string of the molecule is COC(=O)c1ccc(C)c(S(=O)(=O)NCc2ccc(Cn3cccn3)cc2)c1. The van der Waals surface area contributed by atoms with Gasteiger partial charge in [0.2, 0.25) is 10.0 Å². The van der Waals surface area contributed by atoms with Crippen molar-refractivity contribution in [2.24, 2.45) is 0 Å². The molecule has 0 atom stereocenters. The maximum Gasteiger partial charge on any atom is 0.337 e. The number of carbonyl (C=O) groups excluding carboxylic acids is 1. The third-order valence-electron chi connectivity index (χ3n) is 4.29. The molecule has 1 heterocycles. The number of rotatable bonds is 7. The van der Waals surface area contributed by atoms with E-state index >= 15 is 0 Å². The molecule has 146 valence electrons. The number of sulfonamides is 1. The summed E-state index contributed by atoms with van der Waals surface area (Å²) < 4.78 is 34.4. The highest BCUT2D eigenvalue weighted by Crippen LogP contribution is 2.18. The lowest BCUT2D eigenvalue weighted by Crippen LogP contribution is -2.24. The molecule has 0 bridgehead atoms. The van der Waals surface area contributed by atoms with Crippen molar-refractivity contribution in [1.29, 1.82) is 0 Å². The molecule has 8 heteroatoms. The van der Waals surface area contributed by atoms with Gasteiger partial charge in [0.25, 0.3) is 0 Å². The van der Waals surface area contributed by atoms with Crippen molar-refractivity contribution < 1.29 is 17.9 Å². The smallest absolute Gasteiger partial charge is 0.337 e. The number of ether oxygens (including phenoxy) is 1. The number of esters is 1. The van der Waals surface area contributed by atoms with Crippen molar-refractivity contribution in [1.82, 2.24) is 14.5 Å². The number of methoxy groups -OCH3 is 1. The molecule has 0 fully saturated rings. The number of carbonyl (C=O) groups is 1. The molecule has 0 unspecified atom stereocenters. The van der Waals surface area contributed by atoms with Crippen molar-refractivity contribution in [2.45, 2.75) is 24.9 Å². The summed E-state index contributed by atoms with van der Waals surface area (Å²) in [5, 5.41) is 4.16. The third kappa shape index (κ3) is 4.65. The van der Waals surface area contributed by atoms with E-state index in [0.717, 1.165) is 11.1 Å². The summed E-state index contributed by atoms with van der Waals surface area (Å²) in [6.07, 6.45) is 3.60. The van der Waals surface area contributed by atoms with Gasteiger partial charge < -0.3 is 4.74 Å². The topological polar surface area (TPSA) is 90.3 Å². The summed E-state index contributed by atoms with van der Waals surface area (Å²) in [6, 6.07) is 13.9. The quantitative estimate of drug-likeness (QED) is 0.617. The molecule has 0 amide bonds. The normalized spacial score (nSPS) is 11.4. The number of aromatic nitrogens is 2. The van der Waals surface area contributed by atoms with Crippen LogP contribution in [0.2, 0.25) is 0 Å². The highest BCUT2D eigenvalue weighted by atomic mass is 32.2. The summed E-state index contributed by atoms with van der Waals surface area (Å²) in [5.74, 6) is -0.579. The van der Waals surface area contributed by atoms with Gasteiger partial charge in [-0.15, -0.1) is 0 Å². The van der Waals surface area contributed by atoms with Crippen LogP contribution >= 0.6 is 0 Å². The van der Waals surface area contributed by atoms with E-state index in [0.29, 0.717) is 12.1 Å². The molecule has 0 aliphatic rings. The lowest BCUT2D eigenvalue weighted by atomic mass is 10.1. The molecule has 7 nitrogen and oxygen atoms in total. The standard InChI is InChI=1S/C20H21N3O4S/c1-15-4-9-18(20(24)27-2)12-19(15)28(25,26)22-13-16-5-7-17(8-6-16)14-23-11-3-10-21-23/h3-12,22H,13-14H2,1-2H3. The fourth-order valence-electron chi connectivity index (χ4n) is 2.73. The van der Waals surface area contributed by atoms with Crippen LogP contribution in [0.5, 0.6) is 0 Å². The molecule has 3 rings (SSSR count). The van der Waals surface area contributed by atoms with Crippen LogP contribution in [-0.4, -0.2) is 31.3 Å². The number of hydrogen-bond donors (Lipinski definition) is 1. The van der Waals surface area contributed by atoms with Gasteiger partial charge in [0.05, 0.1) is 24.1 Å². The van der Waals surface area contributed by atoms with E-state index in [1.807, 2.05) is 41.2 Å². The fraction of sp³-hybridized carbons (Fsp3) is 0.200. The summed E-state index contributed by atoms with van der Waals surface area (Å²) >= 11 is 0. The second-order valence-electron chi connectivity index (χ2n) is 6.32. The Kier molecular flexibility index (Phi) is 5.91. The first-order valence-corrected chi connectivity index (χ1v) is 10.1. The first-order chi connectivity index (χ1) is 13.4. The fourth-order valence-corrected chi connectivity index (χ4v) is 4.02. The molecule has 0 saturated carbocycles. The Bertz CT molecular complexity index is 1060. The van der Waals surface area contributed by atoms with E-state index < -0.39 is 16.0 Å². The maximum absolute atomic E-state index is 12.7. The molecule has 2 aromatic carbocycles. The molecule has 0 saturated heterocycles. The van der Waals surface area contributed by atoms with Gasteiger partial charge in [-0.1, -0.05) is 30.3 Å². The number of benzene rings is 2. The maximum atomic E-state index is 12.7. The van der Waals surface area contributed by atoms with E-state index in [4.69, 9.17) is 0 Å². The van der Waals surface area contributed by atoms with Gasteiger partial charge in [-0.05, 0) is 41.8 Å². The lowest BCUT2D eigenvalue weighted by molar-refractivity contribution is 0.0600. The molecule has 0 radical (unpaired) electrons. The zero-order chi connectivity index (χ0) is 20.1. The Morgan fingerprint density at radius 3 is 2.50 bits per heavy atom. The van der Waals surface area contributed by atoms with Crippen molar-refractivity contribution >= 4 is 16.0 Å². The minimum atomic E-state index is -3.78. The van der Waals surface area contributed by atoms with Gasteiger partial charge in [0.15, 0.2) is 0 Å². The summed E-state index contributed by atoms with van der Waals surface area (Å²) in [4.78, 5) is 11.7. The van der Waals surface area contributed by atoms with Gasteiger partial charge in [-0.2, -0.15) is 5.10 Å². The van der Waals surface area contributed by atoms with Crippen molar-refractivity contribution in [3.8, 4) is 0 Å². The second kappa shape index (κ2) is 8.37. The van der Waals surface area contributed by atoms with Crippen LogP contribution in [0, 0.1) is 6.92 Å². The van der Waals surface area contributed by atoms with Crippen LogP contribution in [0.4, 0.5) is 0 Å². The monoisotopic (exact) mass is 399 g/mol. The van der Waals surface area contributed by atoms with Crippen LogP contribution < -0.4 is 4.72 Å². The zero-order valence-corrected chi connectivity index (χ0v) is 16.4. The molecular formula is C20H21N3O4S. The van der Waals surface area contributed by atoms with Crippen LogP contribution in [0.15, 0.2) is 65.8 Å². The molecule has 1 aromatic heterocycles. The molecule has 3 aromatic rings. The van der Waals surface area contributed by atoms with Crippen LogP contribution in [0.3, 0.4) is 0 Å². The van der Waals surface area contributed by atoms with Crippen LogP contribution in [0.1, 0.15) is 27.0 Å². The van der Waals surface area contributed by atoms with E-state index in [1.54, 1.807) is 25.3 Å². The summed E-state index contributed by atoms with van der Waals surface area (Å²) in [5.41, 5.74) is 2.64.